The molecule has 0 spiro atoms. The number of thioether (sulfide) groups is 1. The highest BCUT2D eigenvalue weighted by Crippen LogP contribution is 2.23. The van der Waals surface area contributed by atoms with Gasteiger partial charge in [0.2, 0.25) is 5.91 Å². The number of nitrogens with one attached hydrogen (secondary N) is 2. The van der Waals surface area contributed by atoms with Gasteiger partial charge in [-0.1, -0.05) is 69.9 Å². The van der Waals surface area contributed by atoms with Crippen LogP contribution in [0.25, 0.3) is 0 Å². The molecule has 1 aromatic carbocycles. The largest absolute Gasteiger partial charge is 0.468 e. The highest BCUT2D eigenvalue weighted by molar-refractivity contribution is 7.99. The Bertz CT molecular complexity index is 960. The molecule has 2 aromatic rings. The molecule has 0 radical (unpaired) electrons. The van der Waals surface area contributed by atoms with Gasteiger partial charge in [-0.3, -0.25) is 9.59 Å². The van der Waals surface area contributed by atoms with Crippen molar-refractivity contribution in [2.24, 2.45) is 11.8 Å². The van der Waals surface area contributed by atoms with E-state index in [2.05, 4.69) is 10.6 Å². The lowest BCUT2D eigenvalue weighted by atomic mass is 9.90. The molecule has 0 saturated heterocycles. The summed E-state index contributed by atoms with van der Waals surface area (Å²) in [5, 5.41) is 5.71. The number of benzene rings is 1. The minimum absolute atomic E-state index is 0.0727. The second-order valence-electron chi connectivity index (χ2n) is 9.90. The summed E-state index contributed by atoms with van der Waals surface area (Å²) in [5.74, 6) is 1.45. The zero-order chi connectivity index (χ0) is 26.5. The molecular formula is C29H40N2O5S. The maximum atomic E-state index is 13.4. The molecule has 1 saturated carbocycles. The monoisotopic (exact) mass is 528 g/mol. The Morgan fingerprint density at radius 2 is 1.81 bits per heavy atom. The third-order valence-electron chi connectivity index (χ3n) is 7.00. The normalized spacial score (nSPS) is 16.4. The van der Waals surface area contributed by atoms with E-state index in [1.807, 2.05) is 56.3 Å². The van der Waals surface area contributed by atoms with Gasteiger partial charge < -0.3 is 19.8 Å². The number of hydrogen-bond acceptors (Lipinski definition) is 6. The predicted molar refractivity (Wildman–Crippen MR) is 146 cm³/mol. The van der Waals surface area contributed by atoms with Crippen molar-refractivity contribution in [2.75, 3.05) is 12.4 Å². The van der Waals surface area contributed by atoms with Crippen LogP contribution in [0, 0.1) is 11.8 Å². The maximum absolute atomic E-state index is 13.4. The molecule has 37 heavy (non-hydrogen) atoms. The average Bonchev–Trinajstić information content (AvgIpc) is 3.44. The number of carbonyl (C=O) groups excluding carboxylic acids is 3. The SMILES string of the molecule is CCC(C)C(NC(=O)OCC1CCCCC1)C(=O)N[C@@H](Cc1ccccc1)C(=O)CSCc1ccco1. The molecule has 7 nitrogen and oxygen atoms in total. The molecule has 2 amide bonds. The molecule has 3 atom stereocenters. The Balaban J connectivity index is 1.61. The second kappa shape index (κ2) is 15.5. The van der Waals surface area contributed by atoms with Crippen LogP contribution in [-0.2, 0) is 26.5 Å². The molecule has 1 fully saturated rings. The van der Waals surface area contributed by atoms with E-state index in [1.165, 1.54) is 31.0 Å². The van der Waals surface area contributed by atoms with Crippen LogP contribution in [0.3, 0.4) is 0 Å². The van der Waals surface area contributed by atoms with Crippen molar-refractivity contribution in [1.29, 1.82) is 0 Å². The average molecular weight is 529 g/mol. The van der Waals surface area contributed by atoms with Gasteiger partial charge in [-0.15, -0.1) is 11.8 Å². The van der Waals surface area contributed by atoms with Crippen molar-refractivity contribution < 1.29 is 23.5 Å². The molecule has 202 valence electrons. The standard InChI is InChI=1S/C29H40N2O5S/c1-3-21(2)27(31-29(34)36-18-23-13-8-5-9-14-23)28(33)30-25(17-22-11-6-4-7-12-22)26(32)20-37-19-24-15-10-16-35-24/h4,6-7,10-12,15-16,21,23,25,27H,3,5,8-9,13-14,17-20H2,1-2H3,(H,30,33)(H,31,34)/t21?,25-,27?/m0/s1. The first-order valence-electron chi connectivity index (χ1n) is 13.4. The highest BCUT2D eigenvalue weighted by Gasteiger charge is 2.30. The van der Waals surface area contributed by atoms with E-state index in [9.17, 15) is 14.4 Å². The molecule has 1 aromatic heterocycles. The van der Waals surface area contributed by atoms with Gasteiger partial charge in [0.1, 0.15) is 11.8 Å². The molecular weight excluding hydrogens is 488 g/mol. The van der Waals surface area contributed by atoms with Gasteiger partial charge in [-0.05, 0) is 48.8 Å². The van der Waals surface area contributed by atoms with E-state index < -0.39 is 18.2 Å². The molecule has 0 aliphatic heterocycles. The molecule has 2 N–H and O–H groups in total. The van der Waals surface area contributed by atoms with Gasteiger partial charge >= 0.3 is 6.09 Å². The van der Waals surface area contributed by atoms with E-state index >= 15 is 0 Å². The van der Waals surface area contributed by atoms with Crippen molar-refractivity contribution in [3.05, 3.63) is 60.1 Å². The molecule has 1 aliphatic carbocycles. The first-order valence-corrected chi connectivity index (χ1v) is 14.5. The lowest BCUT2D eigenvalue weighted by molar-refractivity contribution is -0.128. The van der Waals surface area contributed by atoms with Crippen LogP contribution >= 0.6 is 11.8 Å². The number of ketones is 1. The summed E-state index contributed by atoms with van der Waals surface area (Å²) in [6.45, 7) is 4.26. The van der Waals surface area contributed by atoms with Crippen molar-refractivity contribution in [1.82, 2.24) is 10.6 Å². The molecule has 8 heteroatoms. The molecule has 1 heterocycles. The fourth-order valence-corrected chi connectivity index (χ4v) is 5.39. The van der Waals surface area contributed by atoms with Crippen LogP contribution in [0.5, 0.6) is 0 Å². The Hall–Kier alpha value is -2.74. The molecule has 3 rings (SSSR count). The summed E-state index contributed by atoms with van der Waals surface area (Å²) in [6.07, 6.45) is 7.83. The van der Waals surface area contributed by atoms with Gasteiger partial charge in [0.05, 0.1) is 30.4 Å². The number of ether oxygens (including phenoxy) is 1. The Kier molecular flexibility index (Phi) is 12.1. The maximum Gasteiger partial charge on any atom is 0.407 e. The number of furan rings is 1. The summed E-state index contributed by atoms with van der Waals surface area (Å²) in [7, 11) is 0. The number of amides is 2. The first kappa shape index (κ1) is 28.8. The van der Waals surface area contributed by atoms with Crippen LogP contribution in [0.15, 0.2) is 53.1 Å². The number of alkyl carbamates (subject to hydrolysis) is 1. The lowest BCUT2D eigenvalue weighted by Gasteiger charge is -2.27. The number of hydrogen-bond donors (Lipinski definition) is 2. The fourth-order valence-electron chi connectivity index (χ4n) is 4.52. The van der Waals surface area contributed by atoms with Crippen molar-refractivity contribution in [2.45, 2.75) is 76.6 Å². The predicted octanol–water partition coefficient (Wildman–Crippen LogP) is 5.53. The smallest absolute Gasteiger partial charge is 0.407 e. The number of Topliss-reactive ketones (excluding diaryl/α,β-unsaturated/α-hetero) is 1. The first-order chi connectivity index (χ1) is 18.0. The lowest BCUT2D eigenvalue weighted by Crippen LogP contribution is -2.55. The van der Waals surface area contributed by atoms with Crippen LogP contribution in [-0.4, -0.2) is 42.2 Å². The van der Waals surface area contributed by atoms with Crippen LogP contribution in [0.2, 0.25) is 0 Å². The minimum atomic E-state index is -0.786. The summed E-state index contributed by atoms with van der Waals surface area (Å²) >= 11 is 1.45. The summed E-state index contributed by atoms with van der Waals surface area (Å²) in [5.41, 5.74) is 0.956. The van der Waals surface area contributed by atoms with Gasteiger partial charge in [0.25, 0.3) is 0 Å². The minimum Gasteiger partial charge on any atom is -0.468 e. The third-order valence-corrected chi connectivity index (χ3v) is 7.98. The number of carbonyl (C=O) groups is 3. The van der Waals surface area contributed by atoms with E-state index in [0.717, 1.165) is 24.2 Å². The van der Waals surface area contributed by atoms with Gasteiger partial charge in [-0.25, -0.2) is 4.79 Å². The topological polar surface area (TPSA) is 97.6 Å². The van der Waals surface area contributed by atoms with Crippen molar-refractivity contribution >= 4 is 29.5 Å². The zero-order valence-corrected chi connectivity index (χ0v) is 22.8. The summed E-state index contributed by atoms with van der Waals surface area (Å²) in [6, 6.07) is 11.8. The van der Waals surface area contributed by atoms with Crippen LogP contribution in [0.4, 0.5) is 4.79 Å². The molecule has 0 bridgehead atoms. The second-order valence-corrected chi connectivity index (χ2v) is 10.9. The van der Waals surface area contributed by atoms with E-state index in [1.54, 1.807) is 6.26 Å². The third kappa shape index (κ3) is 9.91. The van der Waals surface area contributed by atoms with E-state index in [-0.39, 0.29) is 23.4 Å². The fraction of sp³-hybridized carbons (Fsp3) is 0.552. The van der Waals surface area contributed by atoms with Crippen molar-refractivity contribution in [3.63, 3.8) is 0 Å². The van der Waals surface area contributed by atoms with E-state index in [0.29, 0.717) is 31.1 Å². The molecule has 2 unspecified atom stereocenters. The number of rotatable bonds is 14. The molecule has 1 aliphatic rings. The summed E-state index contributed by atoms with van der Waals surface area (Å²) < 4.78 is 10.8. The summed E-state index contributed by atoms with van der Waals surface area (Å²) in [4.78, 5) is 39.2. The Labute approximate surface area is 224 Å². The van der Waals surface area contributed by atoms with Crippen LogP contribution in [0.1, 0.15) is 63.7 Å². The van der Waals surface area contributed by atoms with Crippen LogP contribution < -0.4 is 10.6 Å². The Morgan fingerprint density at radius 3 is 2.49 bits per heavy atom. The van der Waals surface area contributed by atoms with Gasteiger partial charge in [0, 0.05) is 0 Å². The Morgan fingerprint density at radius 1 is 1.05 bits per heavy atom. The highest BCUT2D eigenvalue weighted by atomic mass is 32.2. The zero-order valence-electron chi connectivity index (χ0n) is 21.9. The van der Waals surface area contributed by atoms with E-state index in [4.69, 9.17) is 9.15 Å². The quantitative estimate of drug-likeness (QED) is 0.335. The van der Waals surface area contributed by atoms with Crippen molar-refractivity contribution in [3.8, 4) is 0 Å². The van der Waals surface area contributed by atoms with Gasteiger partial charge in [0.15, 0.2) is 5.78 Å². The van der Waals surface area contributed by atoms with Gasteiger partial charge in [-0.2, -0.15) is 0 Å².